The Morgan fingerprint density at radius 3 is 2.87 bits per heavy atom. The minimum absolute atomic E-state index is 0.498. The van der Waals surface area contributed by atoms with Gasteiger partial charge in [0.15, 0.2) is 0 Å². The Kier molecular flexibility index (Phi) is 1.99. The Morgan fingerprint density at radius 1 is 1.47 bits per heavy atom. The largest absolute Gasteiger partial charge is 0.324 e. The van der Waals surface area contributed by atoms with Gasteiger partial charge >= 0.3 is 0 Å². The minimum atomic E-state index is 0.498. The summed E-state index contributed by atoms with van der Waals surface area (Å²) in [7, 11) is 0. The van der Waals surface area contributed by atoms with Crippen molar-refractivity contribution in [2.75, 3.05) is 0 Å². The Hall–Kier alpha value is -1.02. The molecule has 2 nitrogen and oxygen atoms in total. The van der Waals surface area contributed by atoms with Gasteiger partial charge in [0.05, 0.1) is 16.9 Å². The molecule has 1 fully saturated rings. The highest BCUT2D eigenvalue weighted by Gasteiger charge is 2.36. The standard InChI is InChI=1S/C12H13ClN2/c1-8-6-11(8)15-10-5-3-2-4-9(10)14-12(15)7-13/h2-5,8,11H,6-7H2,1H3. The molecule has 0 aliphatic heterocycles. The van der Waals surface area contributed by atoms with Crippen LogP contribution in [0.2, 0.25) is 0 Å². The van der Waals surface area contributed by atoms with Gasteiger partial charge < -0.3 is 4.57 Å². The molecule has 3 heteroatoms. The monoisotopic (exact) mass is 220 g/mol. The summed E-state index contributed by atoms with van der Waals surface area (Å²) in [6, 6.07) is 8.88. The quantitative estimate of drug-likeness (QED) is 0.710. The van der Waals surface area contributed by atoms with E-state index in [0.717, 1.165) is 17.3 Å². The number of imidazole rings is 1. The van der Waals surface area contributed by atoms with Crippen LogP contribution in [0.25, 0.3) is 11.0 Å². The van der Waals surface area contributed by atoms with Crippen molar-refractivity contribution in [3.8, 4) is 0 Å². The number of benzene rings is 1. The number of aromatic nitrogens is 2. The highest BCUT2D eigenvalue weighted by Crippen LogP contribution is 2.45. The average Bonchev–Trinajstić information content (AvgIpc) is 2.85. The highest BCUT2D eigenvalue weighted by molar-refractivity contribution is 6.16. The molecule has 1 aromatic heterocycles. The van der Waals surface area contributed by atoms with E-state index in [1.165, 1.54) is 11.9 Å². The van der Waals surface area contributed by atoms with Crippen LogP contribution in [0.1, 0.15) is 25.2 Å². The number of hydrogen-bond acceptors (Lipinski definition) is 1. The molecule has 0 radical (unpaired) electrons. The Bertz CT molecular complexity index is 503. The summed E-state index contributed by atoms with van der Waals surface area (Å²) >= 11 is 5.94. The molecule has 0 spiro atoms. The van der Waals surface area contributed by atoms with Crippen LogP contribution in [-0.4, -0.2) is 9.55 Å². The van der Waals surface area contributed by atoms with E-state index in [1.54, 1.807) is 0 Å². The van der Waals surface area contributed by atoms with E-state index in [0.29, 0.717) is 11.9 Å². The van der Waals surface area contributed by atoms with Crippen molar-refractivity contribution >= 4 is 22.6 Å². The van der Waals surface area contributed by atoms with Gasteiger partial charge in [0.1, 0.15) is 5.82 Å². The van der Waals surface area contributed by atoms with E-state index in [4.69, 9.17) is 11.6 Å². The van der Waals surface area contributed by atoms with Gasteiger partial charge in [-0.15, -0.1) is 11.6 Å². The lowest BCUT2D eigenvalue weighted by Gasteiger charge is -2.05. The van der Waals surface area contributed by atoms with Gasteiger partial charge in [-0.05, 0) is 24.5 Å². The van der Waals surface area contributed by atoms with Crippen LogP contribution >= 0.6 is 11.6 Å². The van der Waals surface area contributed by atoms with Crippen LogP contribution < -0.4 is 0 Å². The lowest BCUT2D eigenvalue weighted by atomic mass is 10.3. The summed E-state index contributed by atoms with van der Waals surface area (Å²) in [4.78, 5) is 4.56. The second kappa shape index (κ2) is 3.24. The van der Waals surface area contributed by atoms with Crippen LogP contribution in [0.15, 0.2) is 24.3 Å². The molecule has 1 aliphatic rings. The fourth-order valence-corrected chi connectivity index (χ4v) is 2.41. The van der Waals surface area contributed by atoms with Crippen molar-refractivity contribution in [2.45, 2.75) is 25.3 Å². The number of halogens is 1. The molecule has 78 valence electrons. The smallest absolute Gasteiger partial charge is 0.125 e. The molecule has 2 unspecified atom stereocenters. The van der Waals surface area contributed by atoms with Crippen molar-refractivity contribution in [2.24, 2.45) is 5.92 Å². The maximum Gasteiger partial charge on any atom is 0.125 e. The van der Waals surface area contributed by atoms with Gasteiger partial charge in [-0.1, -0.05) is 19.1 Å². The van der Waals surface area contributed by atoms with Crippen LogP contribution in [0.4, 0.5) is 0 Å². The highest BCUT2D eigenvalue weighted by atomic mass is 35.5. The van der Waals surface area contributed by atoms with Gasteiger partial charge in [-0.25, -0.2) is 4.98 Å². The second-order valence-corrected chi connectivity index (χ2v) is 4.57. The molecule has 1 aromatic carbocycles. The van der Waals surface area contributed by atoms with Crippen molar-refractivity contribution < 1.29 is 0 Å². The Labute approximate surface area is 93.9 Å². The molecule has 0 N–H and O–H groups in total. The number of nitrogens with zero attached hydrogens (tertiary/aromatic N) is 2. The lowest BCUT2D eigenvalue weighted by molar-refractivity contribution is 0.678. The third kappa shape index (κ3) is 1.36. The summed E-state index contributed by atoms with van der Waals surface area (Å²) in [5.74, 6) is 2.27. The molecule has 0 saturated heterocycles. The third-order valence-electron chi connectivity index (χ3n) is 3.19. The first-order chi connectivity index (χ1) is 7.31. The fraction of sp³-hybridized carbons (Fsp3) is 0.417. The van der Waals surface area contributed by atoms with E-state index in [9.17, 15) is 0 Å². The molecule has 2 atom stereocenters. The molecule has 1 heterocycles. The fourth-order valence-electron chi connectivity index (χ4n) is 2.22. The maximum atomic E-state index is 5.94. The average molecular weight is 221 g/mol. The van der Waals surface area contributed by atoms with Crippen molar-refractivity contribution in [3.05, 3.63) is 30.1 Å². The van der Waals surface area contributed by atoms with Crippen LogP contribution in [0.3, 0.4) is 0 Å². The molecule has 1 aliphatic carbocycles. The van der Waals surface area contributed by atoms with Crippen molar-refractivity contribution in [3.63, 3.8) is 0 Å². The summed E-state index contributed by atoms with van der Waals surface area (Å²) in [6.07, 6.45) is 1.25. The predicted octanol–water partition coefficient (Wildman–Crippen LogP) is 3.36. The molecular formula is C12H13ClN2. The first-order valence-electron chi connectivity index (χ1n) is 5.33. The van der Waals surface area contributed by atoms with Gasteiger partial charge in [0.25, 0.3) is 0 Å². The molecule has 3 rings (SSSR count). The normalized spacial score (nSPS) is 24.7. The zero-order chi connectivity index (χ0) is 10.4. The van der Waals surface area contributed by atoms with E-state index in [2.05, 4.69) is 34.7 Å². The first-order valence-corrected chi connectivity index (χ1v) is 5.86. The topological polar surface area (TPSA) is 17.8 Å². The Balaban J connectivity index is 2.23. The summed E-state index contributed by atoms with van der Waals surface area (Å²) < 4.78 is 2.31. The lowest BCUT2D eigenvalue weighted by Crippen LogP contribution is -2.00. The number of para-hydroxylation sites is 2. The van der Waals surface area contributed by atoms with Gasteiger partial charge in [-0.2, -0.15) is 0 Å². The molecule has 1 saturated carbocycles. The SMILES string of the molecule is CC1CC1n1c(CCl)nc2ccccc21. The van der Waals surface area contributed by atoms with Crippen LogP contribution in [0, 0.1) is 5.92 Å². The summed E-state index contributed by atoms with van der Waals surface area (Å²) in [5.41, 5.74) is 2.29. The van der Waals surface area contributed by atoms with E-state index < -0.39 is 0 Å². The molecule has 15 heavy (non-hydrogen) atoms. The molecule has 2 aromatic rings. The number of fused-ring (bicyclic) bond motifs is 1. The van der Waals surface area contributed by atoms with Gasteiger partial charge in [-0.3, -0.25) is 0 Å². The summed E-state index contributed by atoms with van der Waals surface area (Å²) in [5, 5.41) is 0. The van der Waals surface area contributed by atoms with E-state index in [1.807, 2.05) is 6.07 Å². The Morgan fingerprint density at radius 2 is 2.20 bits per heavy atom. The molecule has 0 bridgehead atoms. The van der Waals surface area contributed by atoms with E-state index >= 15 is 0 Å². The van der Waals surface area contributed by atoms with Gasteiger partial charge in [0, 0.05) is 6.04 Å². The zero-order valence-electron chi connectivity index (χ0n) is 8.65. The summed E-state index contributed by atoms with van der Waals surface area (Å²) in [6.45, 7) is 2.28. The zero-order valence-corrected chi connectivity index (χ0v) is 9.41. The van der Waals surface area contributed by atoms with Gasteiger partial charge in [0.2, 0.25) is 0 Å². The van der Waals surface area contributed by atoms with Crippen molar-refractivity contribution in [1.29, 1.82) is 0 Å². The molecular weight excluding hydrogens is 208 g/mol. The minimum Gasteiger partial charge on any atom is -0.324 e. The third-order valence-corrected chi connectivity index (χ3v) is 3.43. The predicted molar refractivity (Wildman–Crippen MR) is 62.1 cm³/mol. The van der Waals surface area contributed by atoms with Crippen LogP contribution in [0.5, 0.6) is 0 Å². The number of hydrogen-bond donors (Lipinski definition) is 0. The maximum absolute atomic E-state index is 5.94. The van der Waals surface area contributed by atoms with Crippen molar-refractivity contribution in [1.82, 2.24) is 9.55 Å². The number of rotatable bonds is 2. The van der Waals surface area contributed by atoms with E-state index in [-0.39, 0.29) is 0 Å². The second-order valence-electron chi connectivity index (χ2n) is 4.30. The number of alkyl halides is 1. The molecule has 0 amide bonds. The van der Waals surface area contributed by atoms with Crippen LogP contribution in [-0.2, 0) is 5.88 Å². The first kappa shape index (κ1) is 9.22.